The average Bonchev–Trinajstić information content (AvgIpc) is 3.07. The predicted molar refractivity (Wildman–Crippen MR) is 90.0 cm³/mol. The number of likely N-dealkylation sites (tertiary alicyclic amines) is 1. The summed E-state index contributed by atoms with van der Waals surface area (Å²) in [5.41, 5.74) is 7.79. The van der Waals surface area contributed by atoms with Gasteiger partial charge in [-0.05, 0) is 36.5 Å². The molecule has 0 saturated carbocycles. The van der Waals surface area contributed by atoms with Crippen LogP contribution in [-0.2, 0) is 6.54 Å². The Balaban J connectivity index is 1.72. The molecule has 5 heteroatoms. The van der Waals surface area contributed by atoms with Crippen molar-refractivity contribution in [2.45, 2.75) is 32.4 Å². The number of aromatic nitrogens is 2. The number of carbonyl (C=O) groups excluding carboxylic acids is 1. The highest BCUT2D eigenvalue weighted by Crippen LogP contribution is 2.24. The number of hydrogen-bond acceptors (Lipinski definition) is 3. The highest BCUT2D eigenvalue weighted by atomic mass is 16.2. The van der Waals surface area contributed by atoms with Crippen LogP contribution in [0.3, 0.4) is 0 Å². The van der Waals surface area contributed by atoms with E-state index in [1.54, 1.807) is 12.5 Å². The minimum Gasteiger partial charge on any atom is -0.334 e. The van der Waals surface area contributed by atoms with Crippen molar-refractivity contribution < 1.29 is 4.79 Å². The molecule has 2 heterocycles. The van der Waals surface area contributed by atoms with E-state index in [9.17, 15) is 4.79 Å². The fourth-order valence-corrected chi connectivity index (χ4v) is 3.37. The third-order valence-electron chi connectivity index (χ3n) is 4.74. The van der Waals surface area contributed by atoms with Crippen LogP contribution in [0.5, 0.6) is 0 Å². The van der Waals surface area contributed by atoms with Gasteiger partial charge >= 0.3 is 0 Å². The monoisotopic (exact) mass is 312 g/mol. The maximum Gasteiger partial charge on any atom is 0.254 e. The number of nitrogens with two attached hydrogens (primary N) is 1. The Bertz CT molecular complexity index is 636. The number of nitrogens with zero attached hydrogens (tertiary/aromatic N) is 3. The number of carbonyl (C=O) groups is 1. The van der Waals surface area contributed by atoms with Crippen LogP contribution in [0, 0.1) is 5.92 Å². The van der Waals surface area contributed by atoms with Crippen molar-refractivity contribution in [2.75, 3.05) is 13.1 Å². The maximum atomic E-state index is 12.8. The van der Waals surface area contributed by atoms with E-state index in [4.69, 9.17) is 5.73 Å². The molecule has 3 rings (SSSR count). The van der Waals surface area contributed by atoms with Crippen LogP contribution in [0.25, 0.3) is 0 Å². The summed E-state index contributed by atoms with van der Waals surface area (Å²) >= 11 is 0. The van der Waals surface area contributed by atoms with Gasteiger partial charge in [-0.15, -0.1) is 0 Å². The first-order valence-corrected chi connectivity index (χ1v) is 8.24. The van der Waals surface area contributed by atoms with Gasteiger partial charge < -0.3 is 15.2 Å². The molecule has 2 atom stereocenters. The first kappa shape index (κ1) is 15.7. The lowest BCUT2D eigenvalue weighted by Crippen LogP contribution is -2.51. The van der Waals surface area contributed by atoms with E-state index in [-0.39, 0.29) is 11.9 Å². The van der Waals surface area contributed by atoms with E-state index < -0.39 is 0 Å². The SMILES string of the molecule is C[C@H]1CCCN(C(=O)c2ccc(Cn3ccnc3)cc2)[C@H]1CN. The van der Waals surface area contributed by atoms with Crippen molar-refractivity contribution in [3.63, 3.8) is 0 Å². The molecule has 1 aliphatic rings. The van der Waals surface area contributed by atoms with Crippen molar-refractivity contribution in [2.24, 2.45) is 11.7 Å². The van der Waals surface area contributed by atoms with Gasteiger partial charge in [0.25, 0.3) is 5.91 Å². The van der Waals surface area contributed by atoms with Gasteiger partial charge in [-0.2, -0.15) is 0 Å². The third kappa shape index (κ3) is 3.45. The Hall–Kier alpha value is -2.14. The first-order valence-electron chi connectivity index (χ1n) is 8.24. The Morgan fingerprint density at radius 3 is 2.78 bits per heavy atom. The average molecular weight is 312 g/mol. The first-order chi connectivity index (χ1) is 11.2. The number of hydrogen-bond donors (Lipinski definition) is 1. The van der Waals surface area contributed by atoms with E-state index in [0.717, 1.165) is 37.1 Å². The van der Waals surface area contributed by atoms with E-state index in [1.807, 2.05) is 39.9 Å². The lowest BCUT2D eigenvalue weighted by Gasteiger charge is -2.39. The Morgan fingerprint density at radius 1 is 1.35 bits per heavy atom. The van der Waals surface area contributed by atoms with E-state index in [1.165, 1.54) is 0 Å². The van der Waals surface area contributed by atoms with Gasteiger partial charge in [0.15, 0.2) is 0 Å². The minimum absolute atomic E-state index is 0.0983. The summed E-state index contributed by atoms with van der Waals surface area (Å²) in [4.78, 5) is 18.8. The van der Waals surface area contributed by atoms with Crippen LogP contribution in [0.1, 0.15) is 35.7 Å². The second-order valence-corrected chi connectivity index (χ2v) is 6.35. The molecule has 0 aliphatic carbocycles. The van der Waals surface area contributed by atoms with Crippen LogP contribution in [0.2, 0.25) is 0 Å². The van der Waals surface area contributed by atoms with Gasteiger partial charge in [-0.1, -0.05) is 19.1 Å². The molecule has 1 amide bonds. The van der Waals surface area contributed by atoms with Crippen molar-refractivity contribution in [1.29, 1.82) is 0 Å². The van der Waals surface area contributed by atoms with Crippen LogP contribution in [0.4, 0.5) is 0 Å². The minimum atomic E-state index is 0.0983. The summed E-state index contributed by atoms with van der Waals surface area (Å²) in [5.74, 6) is 0.569. The lowest BCUT2D eigenvalue weighted by molar-refractivity contribution is 0.0532. The Morgan fingerprint density at radius 2 is 2.13 bits per heavy atom. The molecular formula is C18H24N4O. The van der Waals surface area contributed by atoms with Gasteiger partial charge in [0, 0.05) is 43.6 Å². The molecule has 5 nitrogen and oxygen atoms in total. The van der Waals surface area contributed by atoms with Crippen molar-refractivity contribution >= 4 is 5.91 Å². The summed E-state index contributed by atoms with van der Waals surface area (Å²) in [6.45, 7) is 4.29. The molecule has 0 unspecified atom stereocenters. The number of piperidine rings is 1. The molecule has 1 aromatic carbocycles. The fraction of sp³-hybridized carbons (Fsp3) is 0.444. The molecule has 1 saturated heterocycles. The van der Waals surface area contributed by atoms with Crippen molar-refractivity contribution in [1.82, 2.24) is 14.5 Å². The van der Waals surface area contributed by atoms with Crippen LogP contribution >= 0.6 is 0 Å². The van der Waals surface area contributed by atoms with Crippen LogP contribution < -0.4 is 5.73 Å². The normalized spacial score (nSPS) is 21.4. The van der Waals surface area contributed by atoms with Gasteiger partial charge in [-0.25, -0.2) is 4.98 Å². The summed E-state index contributed by atoms with van der Waals surface area (Å²) in [6.07, 6.45) is 7.69. The molecule has 1 fully saturated rings. The van der Waals surface area contributed by atoms with Crippen molar-refractivity contribution in [3.8, 4) is 0 Å². The molecule has 1 aliphatic heterocycles. The molecule has 0 spiro atoms. The number of rotatable bonds is 4. The predicted octanol–water partition coefficient (Wildman–Crippen LogP) is 2.13. The molecule has 0 radical (unpaired) electrons. The smallest absolute Gasteiger partial charge is 0.254 e. The maximum absolute atomic E-state index is 12.8. The zero-order valence-electron chi connectivity index (χ0n) is 13.6. The molecular weight excluding hydrogens is 288 g/mol. The Kier molecular flexibility index (Phi) is 4.76. The second-order valence-electron chi connectivity index (χ2n) is 6.35. The Labute approximate surface area is 137 Å². The van der Waals surface area contributed by atoms with E-state index >= 15 is 0 Å². The highest BCUT2D eigenvalue weighted by molar-refractivity contribution is 5.94. The summed E-state index contributed by atoms with van der Waals surface area (Å²) in [5, 5.41) is 0. The second kappa shape index (κ2) is 6.96. The zero-order valence-corrected chi connectivity index (χ0v) is 13.6. The molecule has 1 aromatic heterocycles. The largest absolute Gasteiger partial charge is 0.334 e. The molecule has 2 N–H and O–H groups in total. The van der Waals surface area contributed by atoms with Crippen molar-refractivity contribution in [3.05, 3.63) is 54.1 Å². The van der Waals surface area contributed by atoms with Crippen LogP contribution in [-0.4, -0.2) is 39.5 Å². The standard InChI is InChI=1S/C18H24N4O/c1-14-3-2-9-22(17(14)11-19)18(23)16-6-4-15(5-7-16)12-21-10-8-20-13-21/h4-8,10,13-14,17H,2-3,9,11-12,19H2,1H3/t14-,17-/m0/s1. The van der Waals surface area contributed by atoms with Crippen LogP contribution in [0.15, 0.2) is 43.0 Å². The van der Waals surface area contributed by atoms with Gasteiger partial charge in [0.1, 0.15) is 0 Å². The molecule has 2 aromatic rings. The lowest BCUT2D eigenvalue weighted by atomic mass is 9.90. The van der Waals surface area contributed by atoms with Gasteiger partial charge in [0.05, 0.1) is 6.33 Å². The van der Waals surface area contributed by atoms with Gasteiger partial charge in [-0.3, -0.25) is 4.79 Å². The third-order valence-corrected chi connectivity index (χ3v) is 4.74. The highest BCUT2D eigenvalue weighted by Gasteiger charge is 2.31. The summed E-state index contributed by atoms with van der Waals surface area (Å²) in [6, 6.07) is 8.01. The summed E-state index contributed by atoms with van der Waals surface area (Å²) in [7, 11) is 0. The number of amides is 1. The van der Waals surface area contributed by atoms with E-state index in [0.29, 0.717) is 12.5 Å². The molecule has 23 heavy (non-hydrogen) atoms. The number of benzene rings is 1. The quantitative estimate of drug-likeness (QED) is 0.940. The zero-order chi connectivity index (χ0) is 16.2. The molecule has 122 valence electrons. The topological polar surface area (TPSA) is 64.2 Å². The van der Waals surface area contributed by atoms with E-state index in [2.05, 4.69) is 11.9 Å². The van der Waals surface area contributed by atoms with Gasteiger partial charge in [0.2, 0.25) is 0 Å². The molecule has 0 bridgehead atoms. The fourth-order valence-electron chi connectivity index (χ4n) is 3.37. The number of imidazole rings is 1. The summed E-state index contributed by atoms with van der Waals surface area (Å²) < 4.78 is 2.01.